The summed E-state index contributed by atoms with van der Waals surface area (Å²) < 4.78 is 3.28. The molecule has 0 atom stereocenters. The van der Waals surface area contributed by atoms with E-state index in [1.165, 1.54) is 42.5 Å². The van der Waals surface area contributed by atoms with Crippen molar-refractivity contribution in [2.24, 2.45) is 0 Å². The maximum Gasteiger partial charge on any atom is 0.161 e. The van der Waals surface area contributed by atoms with E-state index in [1.807, 2.05) is 0 Å². The van der Waals surface area contributed by atoms with Crippen molar-refractivity contribution in [2.45, 2.75) is 46.1 Å². The second kappa shape index (κ2) is 7.01. The fourth-order valence-electron chi connectivity index (χ4n) is 2.19. The zero-order valence-electron chi connectivity index (χ0n) is 11.7. The number of benzene rings is 1. The molecule has 2 aromatic rings. The molecular weight excluding hydrogens is 270 g/mol. The van der Waals surface area contributed by atoms with Gasteiger partial charge in [-0.2, -0.15) is 0 Å². The zero-order chi connectivity index (χ0) is 13.7. The minimum absolute atomic E-state index is 0.993. The van der Waals surface area contributed by atoms with Crippen LogP contribution in [-0.2, 0) is 6.54 Å². The highest BCUT2D eigenvalue weighted by Crippen LogP contribution is 2.25. The summed E-state index contributed by atoms with van der Waals surface area (Å²) in [6.07, 6.45) is 5.11. The Morgan fingerprint density at radius 2 is 1.84 bits per heavy atom. The molecule has 0 saturated carbocycles. The lowest BCUT2D eigenvalue weighted by atomic mass is 10.1. The molecule has 0 radical (unpaired) electrons. The van der Waals surface area contributed by atoms with E-state index in [9.17, 15) is 0 Å². The van der Waals surface area contributed by atoms with Crippen molar-refractivity contribution in [3.05, 3.63) is 39.2 Å². The van der Waals surface area contributed by atoms with Crippen LogP contribution >= 0.6 is 23.6 Å². The highest BCUT2D eigenvalue weighted by atomic mass is 32.1. The summed E-state index contributed by atoms with van der Waals surface area (Å²) in [6, 6.07) is 8.71. The van der Waals surface area contributed by atoms with E-state index in [0.717, 1.165) is 10.5 Å². The summed E-state index contributed by atoms with van der Waals surface area (Å²) in [7, 11) is 0. The Balaban J connectivity index is 2.17. The third-order valence-electron chi connectivity index (χ3n) is 3.37. The lowest BCUT2D eigenvalue weighted by Crippen LogP contribution is -2.00. The predicted octanol–water partition coefficient (Wildman–Crippen LogP) is 5.83. The molecule has 0 bridgehead atoms. The monoisotopic (exact) mass is 291 g/mol. The van der Waals surface area contributed by atoms with Crippen molar-refractivity contribution in [2.75, 3.05) is 0 Å². The highest BCUT2D eigenvalue weighted by molar-refractivity contribution is 7.73. The molecular formula is C16H21NS2. The van der Waals surface area contributed by atoms with Gasteiger partial charge in [0.15, 0.2) is 3.95 Å². The molecule has 0 unspecified atom stereocenters. The van der Waals surface area contributed by atoms with Crippen LogP contribution in [0.5, 0.6) is 0 Å². The number of aryl methyl sites for hydroxylation is 1. The number of unbranched alkanes of at least 4 members (excludes halogenated alkanes) is 3. The van der Waals surface area contributed by atoms with Crippen molar-refractivity contribution in [3.63, 3.8) is 0 Å². The Labute approximate surface area is 124 Å². The zero-order valence-corrected chi connectivity index (χ0v) is 13.3. The van der Waals surface area contributed by atoms with Crippen LogP contribution in [0.25, 0.3) is 11.3 Å². The minimum atomic E-state index is 0.993. The van der Waals surface area contributed by atoms with Crippen LogP contribution in [0.3, 0.4) is 0 Å². The van der Waals surface area contributed by atoms with Gasteiger partial charge in [-0.05, 0) is 31.1 Å². The normalized spacial score (nSPS) is 10.8. The molecule has 19 heavy (non-hydrogen) atoms. The first-order valence-corrected chi connectivity index (χ1v) is 8.26. The Kier molecular flexibility index (Phi) is 5.34. The maximum absolute atomic E-state index is 5.46. The van der Waals surface area contributed by atoms with E-state index in [2.05, 4.69) is 48.1 Å². The first-order valence-electron chi connectivity index (χ1n) is 6.97. The predicted molar refractivity (Wildman–Crippen MR) is 87.5 cm³/mol. The molecule has 1 nitrogen and oxygen atoms in total. The number of rotatable bonds is 6. The topological polar surface area (TPSA) is 4.93 Å². The Bertz CT molecular complexity index is 563. The fourth-order valence-corrected chi connectivity index (χ4v) is 3.32. The second-order valence-electron chi connectivity index (χ2n) is 4.97. The lowest BCUT2D eigenvalue weighted by Gasteiger charge is -2.09. The molecule has 1 heterocycles. The van der Waals surface area contributed by atoms with Gasteiger partial charge in [0.05, 0.1) is 5.69 Å². The molecule has 3 heteroatoms. The molecule has 0 saturated heterocycles. The van der Waals surface area contributed by atoms with Crippen LogP contribution in [0.2, 0.25) is 0 Å². The van der Waals surface area contributed by atoms with Crippen LogP contribution in [0, 0.1) is 10.9 Å². The first-order chi connectivity index (χ1) is 9.22. The molecule has 0 spiro atoms. The number of aromatic nitrogens is 1. The maximum atomic E-state index is 5.46. The van der Waals surface area contributed by atoms with Crippen LogP contribution in [0.15, 0.2) is 29.6 Å². The largest absolute Gasteiger partial charge is 0.323 e. The molecule has 0 N–H and O–H groups in total. The number of nitrogens with zero attached hydrogens (tertiary/aromatic N) is 1. The van der Waals surface area contributed by atoms with Gasteiger partial charge in [-0.1, -0.05) is 56.0 Å². The van der Waals surface area contributed by atoms with Gasteiger partial charge < -0.3 is 4.57 Å². The van der Waals surface area contributed by atoms with Crippen LogP contribution in [-0.4, -0.2) is 4.57 Å². The molecule has 0 aliphatic carbocycles. The number of hydrogen-bond donors (Lipinski definition) is 0. The van der Waals surface area contributed by atoms with Crippen molar-refractivity contribution in [3.8, 4) is 11.3 Å². The fraction of sp³-hybridized carbons (Fsp3) is 0.438. The third kappa shape index (κ3) is 3.77. The summed E-state index contributed by atoms with van der Waals surface area (Å²) in [5, 5.41) is 2.19. The van der Waals surface area contributed by atoms with Crippen molar-refractivity contribution in [1.29, 1.82) is 0 Å². The van der Waals surface area contributed by atoms with E-state index < -0.39 is 0 Å². The summed E-state index contributed by atoms with van der Waals surface area (Å²) >= 11 is 7.13. The first kappa shape index (κ1) is 14.5. The van der Waals surface area contributed by atoms with Gasteiger partial charge in [0.2, 0.25) is 0 Å². The Morgan fingerprint density at radius 3 is 2.53 bits per heavy atom. The molecule has 0 amide bonds. The molecule has 0 aliphatic heterocycles. The van der Waals surface area contributed by atoms with E-state index in [-0.39, 0.29) is 0 Å². The average Bonchev–Trinajstić information content (AvgIpc) is 2.77. The van der Waals surface area contributed by atoms with E-state index in [1.54, 1.807) is 11.3 Å². The summed E-state index contributed by atoms with van der Waals surface area (Å²) in [5.41, 5.74) is 3.84. The van der Waals surface area contributed by atoms with Crippen LogP contribution < -0.4 is 0 Å². The lowest BCUT2D eigenvalue weighted by molar-refractivity contribution is 0.585. The third-order valence-corrected chi connectivity index (χ3v) is 4.64. The molecule has 1 aromatic carbocycles. The molecule has 0 aliphatic rings. The van der Waals surface area contributed by atoms with Gasteiger partial charge in [0.1, 0.15) is 0 Å². The Morgan fingerprint density at radius 1 is 1.11 bits per heavy atom. The van der Waals surface area contributed by atoms with Gasteiger partial charge in [-0.25, -0.2) is 0 Å². The quantitative estimate of drug-likeness (QED) is 0.478. The van der Waals surface area contributed by atoms with E-state index >= 15 is 0 Å². The number of thiazole rings is 1. The van der Waals surface area contributed by atoms with Crippen molar-refractivity contribution in [1.82, 2.24) is 4.57 Å². The van der Waals surface area contributed by atoms with Gasteiger partial charge in [0.25, 0.3) is 0 Å². The van der Waals surface area contributed by atoms with Gasteiger partial charge in [-0.15, -0.1) is 11.3 Å². The van der Waals surface area contributed by atoms with Crippen molar-refractivity contribution < 1.29 is 0 Å². The summed E-state index contributed by atoms with van der Waals surface area (Å²) in [4.78, 5) is 0. The molecule has 102 valence electrons. The second-order valence-corrected chi connectivity index (χ2v) is 6.47. The Hall–Kier alpha value is -0.930. The summed E-state index contributed by atoms with van der Waals surface area (Å²) in [6.45, 7) is 5.41. The molecule has 1 aromatic heterocycles. The minimum Gasteiger partial charge on any atom is -0.323 e. The van der Waals surface area contributed by atoms with E-state index in [4.69, 9.17) is 12.2 Å². The van der Waals surface area contributed by atoms with Gasteiger partial charge in [-0.3, -0.25) is 0 Å². The van der Waals surface area contributed by atoms with Gasteiger partial charge >= 0.3 is 0 Å². The summed E-state index contributed by atoms with van der Waals surface area (Å²) in [5.74, 6) is 0. The van der Waals surface area contributed by atoms with Crippen LogP contribution in [0.4, 0.5) is 0 Å². The standard InChI is InChI=1S/C16H21NS2/c1-3-4-5-6-11-17-15(12-19-16(17)18)14-9-7-13(2)8-10-14/h7-10,12H,3-6,11H2,1-2H3. The van der Waals surface area contributed by atoms with E-state index in [0.29, 0.717) is 0 Å². The molecule has 2 rings (SSSR count). The van der Waals surface area contributed by atoms with Crippen molar-refractivity contribution >= 4 is 23.6 Å². The SMILES string of the molecule is CCCCCCn1c(-c2ccc(C)cc2)csc1=S. The smallest absolute Gasteiger partial charge is 0.161 e. The molecule has 0 fully saturated rings. The van der Waals surface area contributed by atoms with Gasteiger partial charge in [0, 0.05) is 11.9 Å². The number of hydrogen-bond acceptors (Lipinski definition) is 2. The highest BCUT2D eigenvalue weighted by Gasteiger charge is 2.06. The average molecular weight is 291 g/mol. The van der Waals surface area contributed by atoms with Crippen LogP contribution in [0.1, 0.15) is 38.2 Å².